The number of nitrogens with zero attached hydrogens (tertiary/aromatic N) is 2. The van der Waals surface area contributed by atoms with Gasteiger partial charge in [-0.05, 0) is 42.8 Å². The fourth-order valence-electron chi connectivity index (χ4n) is 2.84. The second-order valence-electron chi connectivity index (χ2n) is 6.01. The molecular formula is C19H19N3O2. The quantitative estimate of drug-likeness (QED) is 0.882. The molecule has 2 aromatic carbocycles. The van der Waals surface area contributed by atoms with Gasteiger partial charge in [0.15, 0.2) is 0 Å². The summed E-state index contributed by atoms with van der Waals surface area (Å²) in [7, 11) is 3.41. The van der Waals surface area contributed by atoms with Crippen LogP contribution in [-0.2, 0) is 4.79 Å². The van der Waals surface area contributed by atoms with Crippen LogP contribution in [0.1, 0.15) is 28.8 Å². The van der Waals surface area contributed by atoms with Crippen LogP contribution in [0.25, 0.3) is 0 Å². The molecule has 2 aromatic rings. The molecule has 0 bridgehead atoms. The normalized spacial score (nSPS) is 16.5. The molecule has 1 atom stereocenters. The van der Waals surface area contributed by atoms with E-state index in [0.717, 1.165) is 16.9 Å². The Morgan fingerprint density at radius 2 is 1.83 bits per heavy atom. The lowest BCUT2D eigenvalue weighted by Gasteiger charge is -2.13. The number of aliphatic imine (C=N–C) groups is 1. The van der Waals surface area contributed by atoms with Gasteiger partial charge in [-0.2, -0.15) is 0 Å². The average Bonchev–Trinajstić information content (AvgIpc) is 2.89. The number of carbonyl (C=O) groups is 2. The van der Waals surface area contributed by atoms with E-state index in [1.807, 2.05) is 37.3 Å². The molecule has 24 heavy (non-hydrogen) atoms. The Kier molecular flexibility index (Phi) is 4.16. The number of hydrogen-bond donors (Lipinski definition) is 1. The zero-order chi connectivity index (χ0) is 17.3. The van der Waals surface area contributed by atoms with Crippen molar-refractivity contribution in [1.82, 2.24) is 4.90 Å². The van der Waals surface area contributed by atoms with Crippen LogP contribution in [0.5, 0.6) is 0 Å². The molecule has 1 N–H and O–H groups in total. The first-order valence-corrected chi connectivity index (χ1v) is 7.74. The van der Waals surface area contributed by atoms with E-state index in [1.165, 1.54) is 4.90 Å². The minimum atomic E-state index is -0.477. The van der Waals surface area contributed by atoms with Gasteiger partial charge >= 0.3 is 0 Å². The Morgan fingerprint density at radius 3 is 2.50 bits per heavy atom. The van der Waals surface area contributed by atoms with Crippen molar-refractivity contribution in [2.45, 2.75) is 12.8 Å². The van der Waals surface area contributed by atoms with Crippen molar-refractivity contribution in [3.63, 3.8) is 0 Å². The fraction of sp³-hybridized carbons (Fsp3) is 0.211. The van der Waals surface area contributed by atoms with Gasteiger partial charge < -0.3 is 10.2 Å². The molecule has 0 saturated carbocycles. The number of fused-ring (bicyclic) bond motifs is 1. The Balaban J connectivity index is 2.00. The summed E-state index contributed by atoms with van der Waals surface area (Å²) in [4.78, 5) is 30.7. The van der Waals surface area contributed by atoms with E-state index < -0.39 is 5.92 Å². The molecule has 1 aliphatic heterocycles. The number of para-hydroxylation sites is 1. The van der Waals surface area contributed by atoms with Crippen molar-refractivity contribution in [3.8, 4) is 0 Å². The molecule has 122 valence electrons. The number of anilines is 1. The van der Waals surface area contributed by atoms with Crippen molar-refractivity contribution < 1.29 is 9.59 Å². The fourth-order valence-corrected chi connectivity index (χ4v) is 2.84. The smallest absolute Gasteiger partial charge is 0.253 e. The molecule has 1 unspecified atom stereocenters. The molecule has 5 heteroatoms. The van der Waals surface area contributed by atoms with E-state index in [2.05, 4.69) is 10.3 Å². The van der Waals surface area contributed by atoms with Gasteiger partial charge in [-0.15, -0.1) is 0 Å². The van der Waals surface area contributed by atoms with Crippen molar-refractivity contribution >= 4 is 28.9 Å². The first-order valence-electron chi connectivity index (χ1n) is 7.74. The van der Waals surface area contributed by atoms with Gasteiger partial charge in [-0.3, -0.25) is 14.6 Å². The molecule has 0 saturated heterocycles. The summed E-state index contributed by atoms with van der Waals surface area (Å²) < 4.78 is 0. The highest BCUT2D eigenvalue weighted by Gasteiger charge is 2.33. The molecule has 1 heterocycles. The Morgan fingerprint density at radius 1 is 1.12 bits per heavy atom. The van der Waals surface area contributed by atoms with Gasteiger partial charge in [0.05, 0.1) is 5.69 Å². The number of rotatable bonds is 3. The third kappa shape index (κ3) is 2.93. The Hall–Kier alpha value is -2.95. The van der Waals surface area contributed by atoms with Crippen LogP contribution >= 0.6 is 0 Å². The summed E-state index contributed by atoms with van der Waals surface area (Å²) in [5, 5.41) is 2.86. The highest BCUT2D eigenvalue weighted by molar-refractivity contribution is 6.18. The van der Waals surface area contributed by atoms with Gasteiger partial charge in [0.25, 0.3) is 5.91 Å². The molecule has 0 aliphatic carbocycles. The van der Waals surface area contributed by atoms with E-state index in [1.54, 1.807) is 32.3 Å². The molecule has 1 aliphatic rings. The van der Waals surface area contributed by atoms with Crippen LogP contribution in [0.2, 0.25) is 0 Å². The van der Waals surface area contributed by atoms with E-state index >= 15 is 0 Å². The maximum absolute atomic E-state index is 12.4. The van der Waals surface area contributed by atoms with E-state index in [9.17, 15) is 9.59 Å². The lowest BCUT2D eigenvalue weighted by molar-refractivity contribution is -0.115. The van der Waals surface area contributed by atoms with Crippen molar-refractivity contribution in [1.29, 1.82) is 0 Å². The number of amides is 2. The molecule has 0 radical (unpaired) electrons. The summed E-state index contributed by atoms with van der Waals surface area (Å²) in [5.41, 5.74) is 3.60. The van der Waals surface area contributed by atoms with Gasteiger partial charge in [0.1, 0.15) is 5.92 Å². The van der Waals surface area contributed by atoms with E-state index in [-0.39, 0.29) is 11.8 Å². The molecule has 5 nitrogen and oxygen atoms in total. The number of nitrogens with one attached hydrogen (secondary N) is 1. The predicted octanol–water partition coefficient (Wildman–Crippen LogP) is 3.22. The third-order valence-corrected chi connectivity index (χ3v) is 4.02. The zero-order valence-electron chi connectivity index (χ0n) is 13.9. The molecule has 0 fully saturated rings. The van der Waals surface area contributed by atoms with Crippen LogP contribution in [-0.4, -0.2) is 36.5 Å². The SMILES string of the molecule is CC(=Nc1ccccc1)C1C(=O)Nc2ccc(C(=O)N(C)C)cc21. The van der Waals surface area contributed by atoms with Crippen LogP contribution < -0.4 is 5.32 Å². The van der Waals surface area contributed by atoms with Crippen molar-refractivity contribution in [3.05, 3.63) is 59.7 Å². The van der Waals surface area contributed by atoms with Gasteiger partial charge in [-0.1, -0.05) is 18.2 Å². The predicted molar refractivity (Wildman–Crippen MR) is 95.0 cm³/mol. The summed E-state index contributed by atoms with van der Waals surface area (Å²) in [6.45, 7) is 1.84. The lowest BCUT2D eigenvalue weighted by Crippen LogP contribution is -2.22. The summed E-state index contributed by atoms with van der Waals surface area (Å²) in [5.74, 6) is -0.680. The highest BCUT2D eigenvalue weighted by Crippen LogP contribution is 2.35. The van der Waals surface area contributed by atoms with Gasteiger partial charge in [0, 0.05) is 31.1 Å². The maximum Gasteiger partial charge on any atom is 0.253 e. The Labute approximate surface area is 141 Å². The maximum atomic E-state index is 12.4. The first kappa shape index (κ1) is 15.9. The molecule has 3 rings (SSSR count). The van der Waals surface area contributed by atoms with Crippen molar-refractivity contribution in [2.75, 3.05) is 19.4 Å². The minimum absolute atomic E-state index is 0.0893. The molecule has 0 spiro atoms. The molecular weight excluding hydrogens is 302 g/mol. The van der Waals surface area contributed by atoms with Crippen LogP contribution in [0, 0.1) is 0 Å². The largest absolute Gasteiger partial charge is 0.345 e. The van der Waals surface area contributed by atoms with Crippen LogP contribution in [0.4, 0.5) is 11.4 Å². The number of carbonyl (C=O) groups excluding carboxylic acids is 2. The van der Waals surface area contributed by atoms with Gasteiger partial charge in [0.2, 0.25) is 5.91 Å². The topological polar surface area (TPSA) is 61.8 Å². The molecule has 0 aromatic heterocycles. The van der Waals surface area contributed by atoms with Crippen LogP contribution in [0.3, 0.4) is 0 Å². The van der Waals surface area contributed by atoms with Crippen LogP contribution in [0.15, 0.2) is 53.5 Å². The van der Waals surface area contributed by atoms with E-state index in [0.29, 0.717) is 11.3 Å². The summed E-state index contributed by atoms with van der Waals surface area (Å²) in [6, 6.07) is 14.8. The lowest BCUT2D eigenvalue weighted by atomic mass is 9.94. The Bertz CT molecular complexity index is 826. The van der Waals surface area contributed by atoms with Gasteiger partial charge in [-0.25, -0.2) is 0 Å². The first-order chi connectivity index (χ1) is 11.5. The summed E-state index contributed by atoms with van der Waals surface area (Å²) in [6.07, 6.45) is 0. The number of benzene rings is 2. The minimum Gasteiger partial charge on any atom is -0.345 e. The molecule has 2 amide bonds. The second-order valence-corrected chi connectivity index (χ2v) is 6.01. The monoisotopic (exact) mass is 321 g/mol. The number of hydrogen-bond acceptors (Lipinski definition) is 3. The average molecular weight is 321 g/mol. The van der Waals surface area contributed by atoms with E-state index in [4.69, 9.17) is 0 Å². The standard InChI is InChI=1S/C19H19N3O2/c1-12(20-14-7-5-4-6-8-14)17-15-11-13(19(24)22(2)3)9-10-16(15)21-18(17)23/h4-11,17H,1-3H3,(H,21,23). The highest BCUT2D eigenvalue weighted by atomic mass is 16.2. The third-order valence-electron chi connectivity index (χ3n) is 4.02. The summed E-state index contributed by atoms with van der Waals surface area (Å²) >= 11 is 0. The zero-order valence-corrected chi connectivity index (χ0v) is 13.9. The van der Waals surface area contributed by atoms with Crippen molar-refractivity contribution in [2.24, 2.45) is 4.99 Å². The second kappa shape index (κ2) is 6.28.